The van der Waals surface area contributed by atoms with E-state index in [0.717, 1.165) is 31.5 Å². The van der Waals surface area contributed by atoms with Gasteiger partial charge in [-0.05, 0) is 64.4 Å². The van der Waals surface area contributed by atoms with Crippen LogP contribution in [0, 0.1) is 0 Å². The number of carboxylic acid groups (broad SMARTS) is 1. The topological polar surface area (TPSA) is 69.6 Å². The largest absolute Gasteiger partial charge is 0.478 e. The van der Waals surface area contributed by atoms with E-state index in [-0.39, 0.29) is 17.5 Å². The van der Waals surface area contributed by atoms with Crippen LogP contribution < -0.4 is 5.32 Å². The van der Waals surface area contributed by atoms with Gasteiger partial charge < -0.3 is 10.4 Å². The third-order valence-corrected chi connectivity index (χ3v) is 4.46. The summed E-state index contributed by atoms with van der Waals surface area (Å²) in [6, 6.07) is 6.46. The average molecular weight is 304 g/mol. The summed E-state index contributed by atoms with van der Waals surface area (Å²) in [4.78, 5) is 25.6. The molecule has 0 bridgehead atoms. The summed E-state index contributed by atoms with van der Waals surface area (Å²) in [5.74, 6) is -0.942. The number of amides is 1. The van der Waals surface area contributed by atoms with E-state index in [9.17, 15) is 9.59 Å². The summed E-state index contributed by atoms with van der Waals surface area (Å²) in [5, 5.41) is 11.9. The van der Waals surface area contributed by atoms with E-state index in [1.807, 2.05) is 20.8 Å². The SMILES string of the molecule is CC(NC(=O)C(C)(C)N1CCCC1)c1ccc(C(=O)O)cc1. The molecule has 5 heteroatoms. The van der Waals surface area contributed by atoms with E-state index in [0.29, 0.717) is 0 Å². The molecule has 1 heterocycles. The fourth-order valence-corrected chi connectivity index (χ4v) is 2.79. The monoisotopic (exact) mass is 304 g/mol. The molecular weight excluding hydrogens is 280 g/mol. The highest BCUT2D eigenvalue weighted by molar-refractivity contribution is 5.88. The van der Waals surface area contributed by atoms with Gasteiger partial charge in [-0.2, -0.15) is 0 Å². The first-order chi connectivity index (χ1) is 10.3. The summed E-state index contributed by atoms with van der Waals surface area (Å²) in [6.07, 6.45) is 2.28. The van der Waals surface area contributed by atoms with Gasteiger partial charge in [0.05, 0.1) is 17.1 Å². The second-order valence-corrected chi connectivity index (χ2v) is 6.38. The Morgan fingerprint density at radius 2 is 1.73 bits per heavy atom. The third kappa shape index (κ3) is 3.47. The number of benzene rings is 1. The van der Waals surface area contributed by atoms with Crippen LogP contribution in [0.1, 0.15) is 55.6 Å². The number of carbonyl (C=O) groups is 2. The molecular formula is C17H24N2O3. The van der Waals surface area contributed by atoms with E-state index >= 15 is 0 Å². The average Bonchev–Trinajstić information content (AvgIpc) is 3.02. The molecule has 22 heavy (non-hydrogen) atoms. The van der Waals surface area contributed by atoms with Crippen LogP contribution in [0.25, 0.3) is 0 Å². The molecule has 120 valence electrons. The Bertz CT molecular complexity index is 546. The van der Waals surface area contributed by atoms with Crippen molar-refractivity contribution in [3.05, 3.63) is 35.4 Å². The first-order valence-corrected chi connectivity index (χ1v) is 7.71. The first-order valence-electron chi connectivity index (χ1n) is 7.71. The summed E-state index contributed by atoms with van der Waals surface area (Å²) in [7, 11) is 0. The Hall–Kier alpha value is -1.88. The van der Waals surface area contributed by atoms with Crippen LogP contribution >= 0.6 is 0 Å². The molecule has 0 aliphatic carbocycles. The van der Waals surface area contributed by atoms with Crippen molar-refractivity contribution in [2.24, 2.45) is 0 Å². The fourth-order valence-electron chi connectivity index (χ4n) is 2.79. The van der Waals surface area contributed by atoms with Crippen LogP contribution in [0.5, 0.6) is 0 Å². The van der Waals surface area contributed by atoms with Gasteiger partial charge in [0.2, 0.25) is 5.91 Å². The zero-order valence-corrected chi connectivity index (χ0v) is 13.4. The van der Waals surface area contributed by atoms with E-state index in [1.165, 1.54) is 0 Å². The lowest BCUT2D eigenvalue weighted by molar-refractivity contribution is -0.131. The summed E-state index contributed by atoms with van der Waals surface area (Å²) >= 11 is 0. The van der Waals surface area contributed by atoms with Crippen molar-refractivity contribution in [2.45, 2.75) is 45.2 Å². The molecule has 0 saturated carbocycles. The molecule has 1 amide bonds. The highest BCUT2D eigenvalue weighted by Crippen LogP contribution is 2.22. The minimum absolute atomic E-state index is 0.00390. The molecule has 1 aromatic carbocycles. The van der Waals surface area contributed by atoms with Crippen molar-refractivity contribution in [3.8, 4) is 0 Å². The minimum atomic E-state index is -0.946. The maximum atomic E-state index is 12.6. The standard InChI is InChI=1S/C17H24N2O3/c1-12(13-6-8-14(9-7-13)15(20)21)18-16(22)17(2,3)19-10-4-5-11-19/h6-9,12H,4-5,10-11H2,1-3H3,(H,18,22)(H,20,21). The van der Waals surface area contributed by atoms with Gasteiger partial charge in [0.1, 0.15) is 0 Å². The second-order valence-electron chi connectivity index (χ2n) is 6.38. The molecule has 1 atom stereocenters. The Labute approximate surface area is 131 Å². The summed E-state index contributed by atoms with van der Waals surface area (Å²) in [6.45, 7) is 7.74. The summed E-state index contributed by atoms with van der Waals surface area (Å²) < 4.78 is 0. The van der Waals surface area contributed by atoms with Crippen molar-refractivity contribution in [1.82, 2.24) is 10.2 Å². The minimum Gasteiger partial charge on any atom is -0.478 e. The van der Waals surface area contributed by atoms with E-state index < -0.39 is 11.5 Å². The van der Waals surface area contributed by atoms with Gasteiger partial charge in [-0.3, -0.25) is 9.69 Å². The Kier molecular flexibility index (Phi) is 4.86. The first kappa shape index (κ1) is 16.5. The van der Waals surface area contributed by atoms with Crippen LogP contribution in [0.15, 0.2) is 24.3 Å². The molecule has 2 rings (SSSR count). The molecule has 1 unspecified atom stereocenters. The molecule has 1 aliphatic rings. The Morgan fingerprint density at radius 1 is 1.18 bits per heavy atom. The number of nitrogens with one attached hydrogen (secondary N) is 1. The molecule has 5 nitrogen and oxygen atoms in total. The van der Waals surface area contributed by atoms with Crippen molar-refractivity contribution in [1.29, 1.82) is 0 Å². The number of hydrogen-bond donors (Lipinski definition) is 2. The Morgan fingerprint density at radius 3 is 2.23 bits per heavy atom. The lowest BCUT2D eigenvalue weighted by Crippen LogP contribution is -2.54. The van der Waals surface area contributed by atoms with Crippen molar-refractivity contribution in [2.75, 3.05) is 13.1 Å². The number of nitrogens with zero attached hydrogens (tertiary/aromatic N) is 1. The van der Waals surface area contributed by atoms with E-state index in [1.54, 1.807) is 24.3 Å². The number of hydrogen-bond acceptors (Lipinski definition) is 3. The number of likely N-dealkylation sites (tertiary alicyclic amines) is 1. The number of carboxylic acids is 1. The Balaban J connectivity index is 2.02. The zero-order valence-electron chi connectivity index (χ0n) is 13.4. The van der Waals surface area contributed by atoms with Gasteiger partial charge in [-0.25, -0.2) is 4.79 Å². The van der Waals surface area contributed by atoms with Crippen LogP contribution in [0.4, 0.5) is 0 Å². The second kappa shape index (κ2) is 6.48. The molecule has 0 radical (unpaired) electrons. The molecule has 1 aliphatic heterocycles. The third-order valence-electron chi connectivity index (χ3n) is 4.46. The number of rotatable bonds is 5. The number of aromatic carboxylic acids is 1. The predicted octanol–water partition coefficient (Wildman–Crippen LogP) is 2.44. The van der Waals surface area contributed by atoms with Gasteiger partial charge in [0, 0.05) is 0 Å². The zero-order chi connectivity index (χ0) is 16.3. The van der Waals surface area contributed by atoms with Gasteiger partial charge in [0.25, 0.3) is 0 Å². The maximum absolute atomic E-state index is 12.6. The lowest BCUT2D eigenvalue weighted by atomic mass is 10.00. The number of carbonyl (C=O) groups excluding carboxylic acids is 1. The quantitative estimate of drug-likeness (QED) is 0.876. The van der Waals surface area contributed by atoms with Crippen molar-refractivity contribution >= 4 is 11.9 Å². The van der Waals surface area contributed by atoms with Crippen molar-refractivity contribution < 1.29 is 14.7 Å². The van der Waals surface area contributed by atoms with Gasteiger partial charge >= 0.3 is 5.97 Å². The van der Waals surface area contributed by atoms with Crippen LogP contribution in [-0.4, -0.2) is 40.5 Å². The molecule has 1 aromatic rings. The molecule has 1 fully saturated rings. The van der Waals surface area contributed by atoms with E-state index in [4.69, 9.17) is 5.11 Å². The van der Waals surface area contributed by atoms with Crippen LogP contribution in [-0.2, 0) is 4.79 Å². The fraction of sp³-hybridized carbons (Fsp3) is 0.529. The highest BCUT2D eigenvalue weighted by atomic mass is 16.4. The lowest BCUT2D eigenvalue weighted by Gasteiger charge is -2.34. The van der Waals surface area contributed by atoms with Crippen LogP contribution in [0.2, 0.25) is 0 Å². The van der Waals surface area contributed by atoms with Crippen LogP contribution in [0.3, 0.4) is 0 Å². The smallest absolute Gasteiger partial charge is 0.335 e. The normalized spacial score (nSPS) is 17.2. The molecule has 0 spiro atoms. The molecule has 0 aromatic heterocycles. The molecule has 1 saturated heterocycles. The molecule has 2 N–H and O–H groups in total. The highest BCUT2D eigenvalue weighted by Gasteiger charge is 2.36. The van der Waals surface area contributed by atoms with Crippen molar-refractivity contribution in [3.63, 3.8) is 0 Å². The summed E-state index contributed by atoms with van der Waals surface area (Å²) in [5.41, 5.74) is 0.626. The van der Waals surface area contributed by atoms with Gasteiger partial charge in [-0.1, -0.05) is 12.1 Å². The van der Waals surface area contributed by atoms with Gasteiger partial charge in [0.15, 0.2) is 0 Å². The van der Waals surface area contributed by atoms with E-state index in [2.05, 4.69) is 10.2 Å². The predicted molar refractivity (Wildman–Crippen MR) is 84.8 cm³/mol. The maximum Gasteiger partial charge on any atom is 0.335 e. The van der Waals surface area contributed by atoms with Gasteiger partial charge in [-0.15, -0.1) is 0 Å².